The Balaban J connectivity index is 1.47. The number of halogens is 1. The minimum Gasteiger partial charge on any atom is -0.445 e. The molecule has 1 saturated heterocycles. The van der Waals surface area contributed by atoms with Gasteiger partial charge in [0, 0.05) is 6.04 Å². The number of ether oxygens (including phenoxy) is 1. The van der Waals surface area contributed by atoms with E-state index in [0.29, 0.717) is 0 Å². The maximum Gasteiger partial charge on any atom is 0.410 e. The van der Waals surface area contributed by atoms with Crippen LogP contribution in [-0.4, -0.2) is 23.1 Å². The predicted octanol–water partition coefficient (Wildman–Crippen LogP) is 4.78. The van der Waals surface area contributed by atoms with Gasteiger partial charge < -0.3 is 4.74 Å². The van der Waals surface area contributed by atoms with Crippen molar-refractivity contribution in [1.82, 2.24) is 4.90 Å². The number of amides is 1. The summed E-state index contributed by atoms with van der Waals surface area (Å²) >= 11 is 0. The molecule has 1 fully saturated rings. The first-order valence-corrected chi connectivity index (χ1v) is 8.66. The van der Waals surface area contributed by atoms with E-state index in [-0.39, 0.29) is 30.6 Å². The molecule has 2 atom stereocenters. The second-order valence-electron chi connectivity index (χ2n) is 6.65. The molecule has 1 amide bonds. The van der Waals surface area contributed by atoms with Crippen LogP contribution >= 0.6 is 0 Å². The Morgan fingerprint density at radius 2 is 1.96 bits per heavy atom. The number of carbonyl (C=O) groups excluding carboxylic acids is 1. The third-order valence-corrected chi connectivity index (χ3v) is 5.01. The molecule has 0 N–H and O–H groups in total. The van der Waals surface area contributed by atoms with Gasteiger partial charge in [-0.25, -0.2) is 9.18 Å². The first-order chi connectivity index (χ1) is 12.2. The molecule has 0 aliphatic carbocycles. The lowest BCUT2D eigenvalue weighted by Crippen LogP contribution is -2.43. The van der Waals surface area contributed by atoms with E-state index < -0.39 is 0 Å². The predicted molar refractivity (Wildman–Crippen MR) is 94.3 cm³/mol. The molecule has 0 radical (unpaired) electrons. The van der Waals surface area contributed by atoms with Gasteiger partial charge in [-0.1, -0.05) is 48.5 Å². The van der Waals surface area contributed by atoms with Crippen molar-refractivity contribution in [2.75, 3.05) is 0 Å². The fraction of sp³-hybridized carbons (Fsp3) is 0.286. The number of nitrogens with zero attached hydrogens (tertiary/aromatic N) is 1. The molecule has 2 heterocycles. The van der Waals surface area contributed by atoms with E-state index >= 15 is 0 Å². The highest BCUT2D eigenvalue weighted by Gasteiger charge is 2.40. The van der Waals surface area contributed by atoms with Crippen LogP contribution in [0.1, 0.15) is 30.4 Å². The van der Waals surface area contributed by atoms with Gasteiger partial charge in [0.2, 0.25) is 0 Å². The van der Waals surface area contributed by atoms with Gasteiger partial charge >= 0.3 is 6.09 Å². The van der Waals surface area contributed by atoms with Crippen LogP contribution in [0.2, 0.25) is 0 Å². The van der Waals surface area contributed by atoms with Crippen molar-refractivity contribution >= 4 is 11.7 Å². The van der Waals surface area contributed by atoms with Crippen molar-refractivity contribution < 1.29 is 13.9 Å². The number of carbonyl (C=O) groups is 1. The number of fused-ring (bicyclic) bond motifs is 2. The average Bonchev–Trinajstić information content (AvgIpc) is 2.90. The minimum absolute atomic E-state index is 0.0419. The molecule has 2 unspecified atom stereocenters. The van der Waals surface area contributed by atoms with E-state index in [1.54, 1.807) is 12.1 Å². The molecule has 0 saturated carbocycles. The summed E-state index contributed by atoms with van der Waals surface area (Å²) in [6, 6.07) is 16.5. The quantitative estimate of drug-likeness (QED) is 0.806. The highest BCUT2D eigenvalue weighted by molar-refractivity contribution is 5.75. The van der Waals surface area contributed by atoms with Gasteiger partial charge in [-0.05, 0) is 48.1 Å². The van der Waals surface area contributed by atoms with Crippen LogP contribution in [0.15, 0.2) is 60.7 Å². The fourth-order valence-electron chi connectivity index (χ4n) is 3.81. The third kappa shape index (κ3) is 3.29. The Bertz CT molecular complexity index is 803. The van der Waals surface area contributed by atoms with Crippen LogP contribution in [0.4, 0.5) is 9.18 Å². The van der Waals surface area contributed by atoms with Gasteiger partial charge in [0.1, 0.15) is 12.4 Å². The molecule has 4 heteroatoms. The summed E-state index contributed by atoms with van der Waals surface area (Å²) in [5.74, 6) is -0.226. The first-order valence-electron chi connectivity index (χ1n) is 8.66. The molecule has 3 nitrogen and oxygen atoms in total. The van der Waals surface area contributed by atoms with E-state index in [1.165, 1.54) is 6.07 Å². The third-order valence-electron chi connectivity index (χ3n) is 5.01. The zero-order valence-corrected chi connectivity index (χ0v) is 13.9. The van der Waals surface area contributed by atoms with E-state index in [1.807, 2.05) is 41.3 Å². The van der Waals surface area contributed by atoms with Crippen LogP contribution in [0.5, 0.6) is 0 Å². The topological polar surface area (TPSA) is 29.5 Å². The van der Waals surface area contributed by atoms with Crippen LogP contribution < -0.4 is 0 Å². The molecule has 0 spiro atoms. The average molecular weight is 337 g/mol. The molecule has 128 valence electrons. The van der Waals surface area contributed by atoms with Crippen LogP contribution in [0, 0.1) is 5.82 Å². The molecular formula is C21H20FNO2. The van der Waals surface area contributed by atoms with E-state index in [4.69, 9.17) is 4.74 Å². The molecule has 2 bridgehead atoms. The van der Waals surface area contributed by atoms with Gasteiger partial charge in [0.25, 0.3) is 0 Å². The number of hydrogen-bond acceptors (Lipinski definition) is 2. The molecule has 25 heavy (non-hydrogen) atoms. The van der Waals surface area contributed by atoms with Crippen molar-refractivity contribution in [3.05, 3.63) is 77.6 Å². The van der Waals surface area contributed by atoms with Crippen molar-refractivity contribution in [3.63, 3.8) is 0 Å². The van der Waals surface area contributed by atoms with Crippen LogP contribution in [0.25, 0.3) is 5.57 Å². The number of benzene rings is 2. The molecule has 2 aliphatic rings. The van der Waals surface area contributed by atoms with Gasteiger partial charge in [-0.2, -0.15) is 0 Å². The lowest BCUT2D eigenvalue weighted by Gasteiger charge is -2.33. The van der Waals surface area contributed by atoms with Crippen molar-refractivity contribution in [2.24, 2.45) is 0 Å². The van der Waals surface area contributed by atoms with Gasteiger partial charge in [-0.15, -0.1) is 0 Å². The summed E-state index contributed by atoms with van der Waals surface area (Å²) in [7, 11) is 0. The summed E-state index contributed by atoms with van der Waals surface area (Å²) in [6.45, 7) is 0.288. The molecular weight excluding hydrogens is 317 g/mol. The smallest absolute Gasteiger partial charge is 0.410 e. The van der Waals surface area contributed by atoms with Crippen LogP contribution in [0.3, 0.4) is 0 Å². The lowest BCUT2D eigenvalue weighted by atomic mass is 9.95. The molecule has 2 aromatic rings. The maximum absolute atomic E-state index is 13.5. The summed E-state index contributed by atoms with van der Waals surface area (Å²) in [4.78, 5) is 14.4. The van der Waals surface area contributed by atoms with Crippen molar-refractivity contribution in [1.29, 1.82) is 0 Å². The zero-order chi connectivity index (χ0) is 17.2. The number of hydrogen-bond donors (Lipinski definition) is 0. The second kappa shape index (κ2) is 6.71. The lowest BCUT2D eigenvalue weighted by molar-refractivity contribution is 0.0832. The van der Waals surface area contributed by atoms with Crippen molar-refractivity contribution in [3.8, 4) is 0 Å². The monoisotopic (exact) mass is 337 g/mol. The Morgan fingerprint density at radius 1 is 1.12 bits per heavy atom. The zero-order valence-electron chi connectivity index (χ0n) is 13.9. The summed E-state index contributed by atoms with van der Waals surface area (Å²) in [5, 5.41) is 0. The first kappa shape index (κ1) is 15.9. The van der Waals surface area contributed by atoms with E-state index in [9.17, 15) is 9.18 Å². The molecule has 0 aromatic heterocycles. The molecule has 2 aromatic carbocycles. The van der Waals surface area contributed by atoms with Gasteiger partial charge in [0.15, 0.2) is 0 Å². The number of rotatable bonds is 3. The Hall–Kier alpha value is -2.62. The van der Waals surface area contributed by atoms with Gasteiger partial charge in [0.05, 0.1) is 6.04 Å². The largest absolute Gasteiger partial charge is 0.445 e. The highest BCUT2D eigenvalue weighted by atomic mass is 19.1. The highest BCUT2D eigenvalue weighted by Crippen LogP contribution is 2.39. The van der Waals surface area contributed by atoms with Gasteiger partial charge in [-0.3, -0.25) is 4.90 Å². The summed E-state index contributed by atoms with van der Waals surface area (Å²) in [5.41, 5.74) is 3.02. The van der Waals surface area contributed by atoms with Crippen molar-refractivity contribution in [2.45, 2.75) is 38.0 Å². The molecule has 4 rings (SSSR count). The van der Waals surface area contributed by atoms with Crippen LogP contribution in [-0.2, 0) is 11.3 Å². The standard InChI is InChI=1S/C21H20FNO2/c22-18-8-4-7-16(11-18)17-12-19-9-10-20(13-17)23(19)21(24)25-14-15-5-2-1-3-6-15/h1-8,11-12,19-20H,9-10,13-14H2. The minimum atomic E-state index is -0.258. The fourth-order valence-corrected chi connectivity index (χ4v) is 3.81. The second-order valence-corrected chi connectivity index (χ2v) is 6.65. The van der Waals surface area contributed by atoms with E-state index in [0.717, 1.165) is 36.0 Å². The molecule has 2 aliphatic heterocycles. The normalized spacial score (nSPS) is 21.8. The SMILES string of the molecule is O=C(OCc1ccccc1)N1C2C=C(c3cccc(F)c3)CC1CC2. The van der Waals surface area contributed by atoms with E-state index in [2.05, 4.69) is 6.08 Å². The summed E-state index contributed by atoms with van der Waals surface area (Å²) in [6.07, 6.45) is 4.48. The Kier molecular flexibility index (Phi) is 4.26. The summed E-state index contributed by atoms with van der Waals surface area (Å²) < 4.78 is 19.0. The Labute approximate surface area is 146 Å². The maximum atomic E-state index is 13.5. The Morgan fingerprint density at radius 3 is 2.72 bits per heavy atom.